The Bertz CT molecular complexity index is 1240. The Morgan fingerprint density at radius 2 is 1.42 bits per heavy atom. The van der Waals surface area contributed by atoms with Crippen molar-refractivity contribution in [2.45, 2.75) is 0 Å². The monoisotopic (exact) mass is 353 g/mol. The second-order valence-electron chi connectivity index (χ2n) is 6.20. The maximum Gasteiger partial charge on any atom is 0.144 e. The van der Waals surface area contributed by atoms with Gasteiger partial charge in [0, 0.05) is 10.1 Å². The number of nitrogens with two attached hydrogens (primary N) is 1. The number of aromatic nitrogens is 2. The Morgan fingerprint density at radius 1 is 0.692 bits per heavy atom. The summed E-state index contributed by atoms with van der Waals surface area (Å²) in [5.74, 6) is 0.545. The van der Waals surface area contributed by atoms with Crippen LogP contribution in [-0.2, 0) is 0 Å². The van der Waals surface area contributed by atoms with Crippen LogP contribution >= 0.6 is 11.3 Å². The molecule has 0 aliphatic rings. The number of rotatable bonds is 2. The molecule has 0 saturated carbocycles. The zero-order valence-electron chi connectivity index (χ0n) is 13.9. The molecule has 3 nitrogen and oxygen atoms in total. The van der Waals surface area contributed by atoms with E-state index in [4.69, 9.17) is 5.73 Å². The standard InChI is InChI=1S/C22H15N3S/c23-22-21-20(24-13-25-22)18-10-9-17(12-19(18)26-21)16-8-4-7-15(11-16)14-5-2-1-3-6-14/h1-13H,(H2,23,24,25). The molecule has 124 valence electrons. The van der Waals surface area contributed by atoms with E-state index in [0.717, 1.165) is 15.6 Å². The van der Waals surface area contributed by atoms with Gasteiger partial charge in [-0.25, -0.2) is 9.97 Å². The molecule has 0 spiro atoms. The minimum atomic E-state index is 0.545. The molecule has 0 radical (unpaired) electrons. The fraction of sp³-hybridized carbons (Fsp3) is 0. The zero-order valence-corrected chi connectivity index (χ0v) is 14.7. The van der Waals surface area contributed by atoms with Gasteiger partial charge in [0.15, 0.2) is 0 Å². The van der Waals surface area contributed by atoms with E-state index < -0.39 is 0 Å². The lowest BCUT2D eigenvalue weighted by atomic mass is 9.99. The Labute approximate surface area is 154 Å². The Hall–Kier alpha value is -3.24. The van der Waals surface area contributed by atoms with Crippen LogP contribution in [0.5, 0.6) is 0 Å². The minimum Gasteiger partial charge on any atom is -0.382 e. The number of thiophene rings is 1. The highest BCUT2D eigenvalue weighted by atomic mass is 32.1. The summed E-state index contributed by atoms with van der Waals surface area (Å²) in [5, 5.41) is 1.13. The van der Waals surface area contributed by atoms with Crippen molar-refractivity contribution in [3.63, 3.8) is 0 Å². The third-order valence-corrected chi connectivity index (χ3v) is 5.75. The van der Waals surface area contributed by atoms with Crippen LogP contribution in [0.25, 0.3) is 42.6 Å². The van der Waals surface area contributed by atoms with E-state index in [1.54, 1.807) is 11.3 Å². The molecule has 0 unspecified atom stereocenters. The maximum atomic E-state index is 6.01. The van der Waals surface area contributed by atoms with Crippen molar-refractivity contribution in [2.24, 2.45) is 0 Å². The summed E-state index contributed by atoms with van der Waals surface area (Å²) in [6.45, 7) is 0. The lowest BCUT2D eigenvalue weighted by Gasteiger charge is -2.06. The molecule has 2 aromatic heterocycles. The largest absolute Gasteiger partial charge is 0.382 e. The number of benzene rings is 3. The van der Waals surface area contributed by atoms with Gasteiger partial charge in [-0.2, -0.15) is 0 Å². The molecule has 2 heterocycles. The number of hydrogen-bond donors (Lipinski definition) is 1. The van der Waals surface area contributed by atoms with E-state index in [1.165, 1.54) is 33.3 Å². The highest BCUT2D eigenvalue weighted by Crippen LogP contribution is 2.37. The quantitative estimate of drug-likeness (QED) is 0.439. The molecule has 26 heavy (non-hydrogen) atoms. The van der Waals surface area contributed by atoms with Crippen molar-refractivity contribution in [3.05, 3.63) is 79.1 Å². The third kappa shape index (κ3) is 2.43. The van der Waals surface area contributed by atoms with Crippen molar-refractivity contribution in [3.8, 4) is 22.3 Å². The van der Waals surface area contributed by atoms with E-state index in [-0.39, 0.29) is 0 Å². The molecule has 0 fully saturated rings. The summed E-state index contributed by atoms with van der Waals surface area (Å²) < 4.78 is 2.13. The summed E-state index contributed by atoms with van der Waals surface area (Å²) in [5.41, 5.74) is 11.8. The fourth-order valence-corrected chi connectivity index (χ4v) is 4.38. The summed E-state index contributed by atoms with van der Waals surface area (Å²) >= 11 is 1.65. The average molecular weight is 353 g/mol. The average Bonchev–Trinajstić information content (AvgIpc) is 3.08. The number of nitrogens with zero attached hydrogens (tertiary/aromatic N) is 2. The van der Waals surface area contributed by atoms with Gasteiger partial charge in [0.2, 0.25) is 0 Å². The first-order valence-corrected chi connectivity index (χ1v) is 9.20. The van der Waals surface area contributed by atoms with Gasteiger partial charge in [-0.1, -0.05) is 60.7 Å². The first-order chi connectivity index (χ1) is 12.8. The van der Waals surface area contributed by atoms with E-state index in [0.29, 0.717) is 5.82 Å². The minimum absolute atomic E-state index is 0.545. The van der Waals surface area contributed by atoms with Crippen LogP contribution in [0.15, 0.2) is 79.1 Å². The molecular formula is C22H15N3S. The lowest BCUT2D eigenvalue weighted by Crippen LogP contribution is -1.89. The molecule has 0 aliphatic heterocycles. The van der Waals surface area contributed by atoms with Crippen molar-refractivity contribution < 1.29 is 0 Å². The summed E-state index contributed by atoms with van der Waals surface area (Å²) in [6, 6.07) is 25.6. The Balaban J connectivity index is 1.65. The van der Waals surface area contributed by atoms with Crippen LogP contribution in [0, 0.1) is 0 Å². The normalized spacial score (nSPS) is 11.2. The topological polar surface area (TPSA) is 51.8 Å². The summed E-state index contributed by atoms with van der Waals surface area (Å²) in [7, 11) is 0. The molecule has 0 aliphatic carbocycles. The molecule has 2 N–H and O–H groups in total. The van der Waals surface area contributed by atoms with Gasteiger partial charge < -0.3 is 5.73 Å². The van der Waals surface area contributed by atoms with Crippen molar-refractivity contribution in [2.75, 3.05) is 5.73 Å². The molecule has 0 atom stereocenters. The molecular weight excluding hydrogens is 338 g/mol. The highest BCUT2D eigenvalue weighted by molar-refractivity contribution is 7.26. The van der Waals surface area contributed by atoms with Crippen LogP contribution in [0.2, 0.25) is 0 Å². The van der Waals surface area contributed by atoms with Crippen molar-refractivity contribution >= 4 is 37.5 Å². The van der Waals surface area contributed by atoms with Gasteiger partial charge >= 0.3 is 0 Å². The van der Waals surface area contributed by atoms with Crippen LogP contribution in [0.4, 0.5) is 5.82 Å². The zero-order chi connectivity index (χ0) is 17.5. The second kappa shape index (κ2) is 5.93. The Kier molecular flexibility index (Phi) is 3.43. The van der Waals surface area contributed by atoms with E-state index >= 15 is 0 Å². The SMILES string of the molecule is Nc1ncnc2c1sc1cc(-c3cccc(-c4ccccc4)c3)ccc12. The van der Waals surface area contributed by atoms with Crippen LogP contribution in [0.1, 0.15) is 0 Å². The van der Waals surface area contributed by atoms with Gasteiger partial charge in [0.05, 0.1) is 10.2 Å². The summed E-state index contributed by atoms with van der Waals surface area (Å²) in [4.78, 5) is 8.51. The van der Waals surface area contributed by atoms with E-state index in [2.05, 4.69) is 76.7 Å². The molecule has 4 heteroatoms. The van der Waals surface area contributed by atoms with Gasteiger partial charge in [0.25, 0.3) is 0 Å². The molecule has 5 aromatic rings. The fourth-order valence-electron chi connectivity index (χ4n) is 3.28. The van der Waals surface area contributed by atoms with Crippen LogP contribution < -0.4 is 5.73 Å². The highest BCUT2D eigenvalue weighted by Gasteiger charge is 2.11. The van der Waals surface area contributed by atoms with Gasteiger partial charge in [-0.05, 0) is 34.4 Å². The van der Waals surface area contributed by atoms with Crippen molar-refractivity contribution in [1.29, 1.82) is 0 Å². The van der Waals surface area contributed by atoms with Crippen LogP contribution in [0.3, 0.4) is 0 Å². The smallest absolute Gasteiger partial charge is 0.144 e. The number of anilines is 1. The van der Waals surface area contributed by atoms with Gasteiger partial charge in [-0.15, -0.1) is 11.3 Å². The van der Waals surface area contributed by atoms with Gasteiger partial charge in [0.1, 0.15) is 12.1 Å². The molecule has 5 rings (SSSR count). The van der Waals surface area contributed by atoms with E-state index in [9.17, 15) is 0 Å². The third-order valence-electron chi connectivity index (χ3n) is 4.58. The predicted octanol–water partition coefficient (Wildman–Crippen LogP) is 5.76. The molecule has 0 bridgehead atoms. The van der Waals surface area contributed by atoms with Gasteiger partial charge in [-0.3, -0.25) is 0 Å². The predicted molar refractivity (Wildman–Crippen MR) is 110 cm³/mol. The van der Waals surface area contributed by atoms with Crippen molar-refractivity contribution in [1.82, 2.24) is 9.97 Å². The lowest BCUT2D eigenvalue weighted by molar-refractivity contribution is 1.24. The molecule has 0 saturated heterocycles. The maximum absolute atomic E-state index is 6.01. The molecule has 0 amide bonds. The first kappa shape index (κ1) is 15.0. The molecule has 3 aromatic carbocycles. The number of hydrogen-bond acceptors (Lipinski definition) is 4. The second-order valence-corrected chi connectivity index (χ2v) is 7.25. The number of fused-ring (bicyclic) bond motifs is 3. The first-order valence-electron chi connectivity index (χ1n) is 8.38. The number of nitrogen functional groups attached to an aromatic ring is 1. The Morgan fingerprint density at radius 3 is 2.27 bits per heavy atom. The van der Waals surface area contributed by atoms with Crippen LogP contribution in [-0.4, -0.2) is 9.97 Å². The van der Waals surface area contributed by atoms with E-state index in [1.807, 2.05) is 6.07 Å². The summed E-state index contributed by atoms with van der Waals surface area (Å²) in [6.07, 6.45) is 1.53.